The summed E-state index contributed by atoms with van der Waals surface area (Å²) in [7, 11) is 0. The molecule has 51 heavy (non-hydrogen) atoms. The molecule has 7 rings (SSSR count). The fraction of sp³-hybridized carbons (Fsp3) is 0.250. The molecule has 11 heteroatoms. The molecule has 0 radical (unpaired) electrons. The molecule has 5 atom stereocenters. The van der Waals surface area contributed by atoms with E-state index in [-0.39, 0.29) is 36.5 Å². The van der Waals surface area contributed by atoms with Gasteiger partial charge in [0.1, 0.15) is 29.8 Å². The highest BCUT2D eigenvalue weighted by atomic mass is 35.5. The Labute approximate surface area is 300 Å². The van der Waals surface area contributed by atoms with Crippen LogP contribution in [0.4, 0.5) is 10.1 Å². The molecule has 0 bridgehead atoms. The van der Waals surface area contributed by atoms with Crippen molar-refractivity contribution in [1.29, 1.82) is 0 Å². The molecular weight excluding hydrogens is 671 g/mol. The Hall–Kier alpha value is -4.68. The van der Waals surface area contributed by atoms with Crippen LogP contribution in [0, 0.1) is 5.82 Å². The number of aliphatic hydroxyl groups is 1. The number of hydrogen-bond acceptors (Lipinski definition) is 8. The predicted molar refractivity (Wildman–Crippen MR) is 191 cm³/mol. The maximum Gasteiger partial charge on any atom is 0.242 e. The van der Waals surface area contributed by atoms with E-state index in [2.05, 4.69) is 15.4 Å². The van der Waals surface area contributed by atoms with E-state index in [1.54, 1.807) is 24.3 Å². The van der Waals surface area contributed by atoms with E-state index in [9.17, 15) is 9.50 Å². The third-order valence-corrected chi connectivity index (χ3v) is 9.07. The lowest BCUT2D eigenvalue weighted by atomic mass is 10.0. The molecule has 9 nitrogen and oxygen atoms in total. The maximum absolute atomic E-state index is 14.7. The van der Waals surface area contributed by atoms with E-state index in [0.29, 0.717) is 23.5 Å². The Kier molecular flexibility index (Phi) is 10.7. The number of rotatable bonds is 14. The number of hydrogen-bond donors (Lipinski definition) is 2. The summed E-state index contributed by atoms with van der Waals surface area (Å²) in [5, 5.41) is 20.7. The van der Waals surface area contributed by atoms with Gasteiger partial charge in [0.05, 0.1) is 44.4 Å². The summed E-state index contributed by atoms with van der Waals surface area (Å²) in [4.78, 5) is 4.63. The van der Waals surface area contributed by atoms with Gasteiger partial charge in [0.15, 0.2) is 10.8 Å². The van der Waals surface area contributed by atoms with Gasteiger partial charge in [0.2, 0.25) is 5.79 Å². The van der Waals surface area contributed by atoms with Crippen LogP contribution in [-0.2, 0) is 44.6 Å². The molecule has 1 fully saturated rings. The summed E-state index contributed by atoms with van der Waals surface area (Å²) in [6.07, 6.45) is -1.11. The molecule has 0 amide bonds. The quantitative estimate of drug-likeness (QED) is 0.119. The zero-order valence-electron chi connectivity index (χ0n) is 27.9. The fourth-order valence-corrected chi connectivity index (χ4v) is 6.53. The molecule has 1 unspecified atom stereocenters. The monoisotopic (exact) mass is 708 g/mol. The van der Waals surface area contributed by atoms with Gasteiger partial charge in [-0.05, 0) is 29.7 Å². The van der Waals surface area contributed by atoms with Crippen LogP contribution < -0.4 is 5.32 Å². The molecule has 1 saturated heterocycles. The highest BCUT2D eigenvalue weighted by Crippen LogP contribution is 2.43. The van der Waals surface area contributed by atoms with Gasteiger partial charge in [-0.1, -0.05) is 121 Å². The van der Waals surface area contributed by atoms with Crippen LogP contribution in [0.25, 0.3) is 5.65 Å². The Morgan fingerprint density at radius 1 is 0.863 bits per heavy atom. The number of nitrogens with zero attached hydrogens (tertiary/aromatic N) is 3. The van der Waals surface area contributed by atoms with Crippen molar-refractivity contribution in [2.24, 2.45) is 0 Å². The first kappa shape index (κ1) is 34.8. The summed E-state index contributed by atoms with van der Waals surface area (Å²) in [6.45, 7) is 2.67. The van der Waals surface area contributed by atoms with Gasteiger partial charge >= 0.3 is 0 Å². The second kappa shape index (κ2) is 15.7. The predicted octanol–water partition coefficient (Wildman–Crippen LogP) is 7.63. The van der Waals surface area contributed by atoms with Gasteiger partial charge in [-0.3, -0.25) is 0 Å². The standard InChI is InChI=1S/C40H38ClFN4O5/c1-27(31-19-11-12-20-32(31)42)44-33-21-36(41)45-46-35(22-43-39(33)46)40(47)38(50-25-30-17-9-4-10-18-30)37(49-24-29-15-7-3-8-16-29)34(51-40)26-48-23-28-13-5-2-6-14-28/h2-22,27,34,37-38,44,47H,23-26H2,1H3/t27-,34+,37+,38+,40?/m0/s1. The summed E-state index contributed by atoms with van der Waals surface area (Å²) in [5.41, 5.74) is 4.33. The summed E-state index contributed by atoms with van der Waals surface area (Å²) < 4.78 is 41.9. The molecule has 0 saturated carbocycles. The molecule has 2 aromatic heterocycles. The zero-order chi connectivity index (χ0) is 35.2. The third-order valence-electron chi connectivity index (χ3n) is 8.88. The third kappa shape index (κ3) is 7.82. The second-order valence-electron chi connectivity index (χ2n) is 12.5. The van der Waals surface area contributed by atoms with Gasteiger partial charge in [0.25, 0.3) is 0 Å². The number of ether oxygens (including phenoxy) is 4. The van der Waals surface area contributed by atoms with Crippen molar-refractivity contribution in [3.8, 4) is 0 Å². The maximum atomic E-state index is 14.7. The molecule has 0 spiro atoms. The smallest absolute Gasteiger partial charge is 0.242 e. The molecule has 0 aliphatic carbocycles. The van der Waals surface area contributed by atoms with E-state index in [4.69, 9.17) is 30.5 Å². The second-order valence-corrected chi connectivity index (χ2v) is 12.9. The number of fused-ring (bicyclic) bond motifs is 1. The number of benzene rings is 4. The summed E-state index contributed by atoms with van der Waals surface area (Å²) in [6, 6.07) is 36.9. The molecule has 2 N–H and O–H groups in total. The topological polar surface area (TPSA) is 99.4 Å². The van der Waals surface area contributed by atoms with E-state index in [1.807, 2.05) is 97.9 Å². The summed E-state index contributed by atoms with van der Waals surface area (Å²) >= 11 is 6.57. The Balaban J connectivity index is 1.25. The normalized spacial score (nSPS) is 20.8. The van der Waals surface area contributed by atoms with Gasteiger partial charge in [-0.15, -0.1) is 0 Å². The first-order valence-corrected chi connectivity index (χ1v) is 17.2. The molecule has 6 aromatic rings. The average molecular weight is 709 g/mol. The first-order chi connectivity index (χ1) is 24.9. The van der Waals surface area contributed by atoms with Crippen LogP contribution in [0.2, 0.25) is 5.15 Å². The molecule has 3 heterocycles. The Morgan fingerprint density at radius 2 is 1.45 bits per heavy atom. The summed E-state index contributed by atoms with van der Waals surface area (Å²) in [5.74, 6) is -2.45. The highest BCUT2D eigenvalue weighted by molar-refractivity contribution is 6.29. The van der Waals surface area contributed by atoms with E-state index < -0.39 is 30.1 Å². The van der Waals surface area contributed by atoms with Gasteiger partial charge < -0.3 is 29.4 Å². The molecule has 262 valence electrons. The van der Waals surface area contributed by atoms with Crippen molar-refractivity contribution >= 4 is 22.9 Å². The van der Waals surface area contributed by atoms with Gasteiger partial charge in [0, 0.05) is 11.6 Å². The number of aromatic nitrogens is 3. The van der Waals surface area contributed by atoms with Crippen LogP contribution in [0.1, 0.15) is 40.9 Å². The Morgan fingerprint density at radius 3 is 2.10 bits per heavy atom. The van der Waals surface area contributed by atoms with Crippen LogP contribution in [-0.4, -0.2) is 44.6 Å². The molecule has 1 aliphatic rings. The zero-order valence-corrected chi connectivity index (χ0v) is 28.7. The number of halogens is 2. The number of imidazole rings is 1. The van der Waals surface area contributed by atoms with Crippen molar-refractivity contribution in [3.05, 3.63) is 166 Å². The van der Waals surface area contributed by atoms with Crippen molar-refractivity contribution in [3.63, 3.8) is 0 Å². The van der Waals surface area contributed by atoms with E-state index >= 15 is 0 Å². The van der Waals surface area contributed by atoms with Gasteiger partial charge in [-0.2, -0.15) is 5.10 Å². The molecular formula is C40H38ClFN4O5. The SMILES string of the molecule is C[C@H](Nc1cc(Cl)nn2c(C3(O)O[C@H](COCc4ccccc4)[C@@H](OCc4ccccc4)[C@H]3OCc3ccccc3)cnc12)c1ccccc1F. The molecule has 1 aliphatic heterocycles. The largest absolute Gasteiger partial charge is 0.375 e. The van der Waals surface area contributed by atoms with Gasteiger partial charge in [-0.25, -0.2) is 13.9 Å². The van der Waals surface area contributed by atoms with Crippen molar-refractivity contribution in [1.82, 2.24) is 14.6 Å². The Bertz CT molecular complexity index is 2040. The van der Waals surface area contributed by atoms with Crippen molar-refractivity contribution in [2.75, 3.05) is 11.9 Å². The first-order valence-electron chi connectivity index (χ1n) is 16.8. The van der Waals surface area contributed by atoms with Crippen LogP contribution in [0.5, 0.6) is 0 Å². The molecule has 4 aromatic carbocycles. The lowest BCUT2D eigenvalue weighted by molar-refractivity contribution is -0.256. The van der Waals surface area contributed by atoms with E-state index in [1.165, 1.54) is 16.8 Å². The lowest BCUT2D eigenvalue weighted by Gasteiger charge is -2.30. The highest BCUT2D eigenvalue weighted by Gasteiger charge is 2.59. The number of nitrogens with one attached hydrogen (secondary N) is 1. The average Bonchev–Trinajstić information content (AvgIpc) is 3.70. The van der Waals surface area contributed by atoms with Crippen LogP contribution >= 0.6 is 11.6 Å². The number of anilines is 1. The minimum atomic E-state index is -2.11. The van der Waals surface area contributed by atoms with Crippen molar-refractivity contribution < 1.29 is 28.4 Å². The fourth-order valence-electron chi connectivity index (χ4n) is 6.34. The van der Waals surface area contributed by atoms with E-state index in [0.717, 1.165) is 16.7 Å². The van der Waals surface area contributed by atoms with Crippen molar-refractivity contribution in [2.45, 2.75) is 56.9 Å². The van der Waals surface area contributed by atoms with Crippen LogP contribution in [0.15, 0.2) is 128 Å². The lowest BCUT2D eigenvalue weighted by Crippen LogP contribution is -2.45. The van der Waals surface area contributed by atoms with Crippen LogP contribution in [0.3, 0.4) is 0 Å². The minimum Gasteiger partial charge on any atom is -0.375 e. The minimum absolute atomic E-state index is 0.0970.